The molecule has 4 heteroatoms. The van der Waals surface area contributed by atoms with Gasteiger partial charge in [-0.3, -0.25) is 4.79 Å². The van der Waals surface area contributed by atoms with E-state index < -0.39 is 0 Å². The molecule has 1 aliphatic heterocycles. The summed E-state index contributed by atoms with van der Waals surface area (Å²) in [7, 11) is 0. The standard InChI is InChI=1S/C20H29FN2O/c21-18-11-9-16(10-12-18)20(24)22-19-8-4-1-3-7-17(19)15-23-13-5-2-6-14-23/h9-12,17,19H,1-8,13-15H2,(H,22,24)/t17-,19?/m0/s1. The molecule has 3 nitrogen and oxygen atoms in total. The number of halogens is 1. The van der Waals surface area contributed by atoms with Crippen molar-refractivity contribution in [1.82, 2.24) is 10.2 Å². The minimum Gasteiger partial charge on any atom is -0.349 e. The van der Waals surface area contributed by atoms with Gasteiger partial charge in [0.25, 0.3) is 5.91 Å². The van der Waals surface area contributed by atoms with E-state index in [-0.39, 0.29) is 17.8 Å². The molecule has 1 amide bonds. The predicted octanol–water partition coefficient (Wildman–Crippen LogP) is 3.99. The number of nitrogens with one attached hydrogen (secondary N) is 1. The fraction of sp³-hybridized carbons (Fsp3) is 0.650. The van der Waals surface area contributed by atoms with Crippen LogP contribution in [0.5, 0.6) is 0 Å². The molecule has 0 spiro atoms. The van der Waals surface area contributed by atoms with E-state index >= 15 is 0 Å². The van der Waals surface area contributed by atoms with Crippen molar-refractivity contribution in [2.45, 2.75) is 57.4 Å². The van der Waals surface area contributed by atoms with Crippen molar-refractivity contribution in [2.75, 3.05) is 19.6 Å². The normalized spacial score (nSPS) is 25.9. The molecule has 2 aliphatic rings. The summed E-state index contributed by atoms with van der Waals surface area (Å²) in [6, 6.07) is 6.09. The van der Waals surface area contributed by atoms with Crippen LogP contribution < -0.4 is 5.32 Å². The molecule has 0 radical (unpaired) electrons. The molecule has 132 valence electrons. The number of piperidine rings is 1. The monoisotopic (exact) mass is 332 g/mol. The second-order valence-electron chi connectivity index (χ2n) is 7.35. The van der Waals surface area contributed by atoms with Crippen molar-refractivity contribution in [3.05, 3.63) is 35.6 Å². The van der Waals surface area contributed by atoms with Crippen molar-refractivity contribution >= 4 is 5.91 Å². The van der Waals surface area contributed by atoms with Crippen LogP contribution in [0, 0.1) is 11.7 Å². The van der Waals surface area contributed by atoms with Crippen LogP contribution >= 0.6 is 0 Å². The topological polar surface area (TPSA) is 32.3 Å². The molecule has 1 saturated heterocycles. The van der Waals surface area contributed by atoms with E-state index in [1.807, 2.05) is 0 Å². The van der Waals surface area contributed by atoms with Crippen LogP contribution in [0.2, 0.25) is 0 Å². The maximum absolute atomic E-state index is 13.0. The fourth-order valence-electron chi connectivity index (χ4n) is 4.12. The summed E-state index contributed by atoms with van der Waals surface area (Å²) in [5.41, 5.74) is 0.553. The average Bonchev–Trinajstić information content (AvgIpc) is 2.82. The second-order valence-corrected chi connectivity index (χ2v) is 7.35. The van der Waals surface area contributed by atoms with E-state index in [1.165, 1.54) is 70.2 Å². The van der Waals surface area contributed by atoms with E-state index in [9.17, 15) is 9.18 Å². The largest absolute Gasteiger partial charge is 0.349 e. The number of hydrogen-bond acceptors (Lipinski definition) is 2. The molecule has 3 rings (SSSR count). The van der Waals surface area contributed by atoms with Gasteiger partial charge in [0.2, 0.25) is 0 Å². The van der Waals surface area contributed by atoms with Gasteiger partial charge < -0.3 is 10.2 Å². The quantitative estimate of drug-likeness (QED) is 0.846. The van der Waals surface area contributed by atoms with Gasteiger partial charge in [0.15, 0.2) is 0 Å². The molecule has 1 unspecified atom stereocenters. The lowest BCUT2D eigenvalue weighted by molar-refractivity contribution is 0.0901. The van der Waals surface area contributed by atoms with Crippen molar-refractivity contribution in [3.63, 3.8) is 0 Å². The Labute approximate surface area is 144 Å². The maximum Gasteiger partial charge on any atom is 0.251 e. The summed E-state index contributed by atoms with van der Waals surface area (Å²) >= 11 is 0. The third-order valence-electron chi connectivity index (χ3n) is 5.52. The Balaban J connectivity index is 1.62. The van der Waals surface area contributed by atoms with Crippen LogP contribution in [-0.2, 0) is 0 Å². The zero-order valence-electron chi connectivity index (χ0n) is 14.5. The Morgan fingerprint density at radius 1 is 1.00 bits per heavy atom. The van der Waals surface area contributed by atoms with Gasteiger partial charge in [-0.15, -0.1) is 0 Å². The Morgan fingerprint density at radius 3 is 2.42 bits per heavy atom. The average molecular weight is 332 g/mol. The molecule has 1 N–H and O–H groups in total. The predicted molar refractivity (Wildman–Crippen MR) is 94.5 cm³/mol. The first kappa shape index (κ1) is 17.4. The van der Waals surface area contributed by atoms with Gasteiger partial charge in [-0.25, -0.2) is 4.39 Å². The fourth-order valence-corrected chi connectivity index (χ4v) is 4.12. The number of nitrogens with zero attached hydrogens (tertiary/aromatic N) is 1. The van der Waals surface area contributed by atoms with E-state index in [0.29, 0.717) is 11.5 Å². The molecule has 1 aromatic carbocycles. The molecule has 0 aromatic heterocycles. The van der Waals surface area contributed by atoms with Gasteiger partial charge in [0, 0.05) is 18.2 Å². The highest BCUT2D eigenvalue weighted by atomic mass is 19.1. The maximum atomic E-state index is 13.0. The Kier molecular flexibility index (Phi) is 6.24. The minimum absolute atomic E-state index is 0.0643. The van der Waals surface area contributed by atoms with Gasteiger partial charge in [-0.1, -0.05) is 25.7 Å². The van der Waals surface area contributed by atoms with Crippen LogP contribution in [0.1, 0.15) is 61.7 Å². The molecule has 1 aliphatic carbocycles. The third-order valence-corrected chi connectivity index (χ3v) is 5.52. The molecule has 24 heavy (non-hydrogen) atoms. The summed E-state index contributed by atoms with van der Waals surface area (Å²) in [4.78, 5) is 15.1. The van der Waals surface area contributed by atoms with Gasteiger partial charge in [0.05, 0.1) is 0 Å². The molecular formula is C20H29FN2O. The SMILES string of the molecule is O=C(NC1CCCCC[C@H]1CN1CCCCC1)c1ccc(F)cc1. The first-order valence-electron chi connectivity index (χ1n) is 9.51. The number of likely N-dealkylation sites (tertiary alicyclic amines) is 1. The van der Waals surface area contributed by atoms with Crippen molar-refractivity contribution < 1.29 is 9.18 Å². The van der Waals surface area contributed by atoms with E-state index in [2.05, 4.69) is 10.2 Å². The molecule has 1 saturated carbocycles. The Morgan fingerprint density at radius 2 is 1.67 bits per heavy atom. The van der Waals surface area contributed by atoms with E-state index in [4.69, 9.17) is 0 Å². The Bertz CT molecular complexity index is 525. The zero-order valence-corrected chi connectivity index (χ0v) is 14.5. The second kappa shape index (κ2) is 8.61. The third kappa shape index (κ3) is 4.79. The number of rotatable bonds is 4. The van der Waals surface area contributed by atoms with Crippen molar-refractivity contribution in [3.8, 4) is 0 Å². The summed E-state index contributed by atoms with van der Waals surface area (Å²) in [6.45, 7) is 3.51. The molecule has 0 bridgehead atoms. The molecule has 1 heterocycles. The summed E-state index contributed by atoms with van der Waals surface area (Å²) in [5, 5.41) is 3.25. The highest BCUT2D eigenvalue weighted by Crippen LogP contribution is 2.26. The lowest BCUT2D eigenvalue weighted by atomic mass is 9.93. The van der Waals surface area contributed by atoms with Crippen molar-refractivity contribution in [1.29, 1.82) is 0 Å². The van der Waals surface area contributed by atoms with E-state index in [0.717, 1.165) is 13.0 Å². The van der Waals surface area contributed by atoms with Crippen molar-refractivity contribution in [2.24, 2.45) is 5.92 Å². The minimum atomic E-state index is -0.302. The summed E-state index contributed by atoms with van der Waals surface area (Å²) in [6.07, 6.45) is 9.94. The van der Waals surface area contributed by atoms with Gasteiger partial charge in [-0.2, -0.15) is 0 Å². The lowest BCUT2D eigenvalue weighted by Gasteiger charge is -2.34. The van der Waals surface area contributed by atoms with Crippen LogP contribution in [0.3, 0.4) is 0 Å². The number of benzene rings is 1. The highest BCUT2D eigenvalue weighted by Gasteiger charge is 2.27. The number of carbonyl (C=O) groups is 1. The van der Waals surface area contributed by atoms with Crippen LogP contribution in [0.25, 0.3) is 0 Å². The van der Waals surface area contributed by atoms with Gasteiger partial charge in [-0.05, 0) is 69.0 Å². The van der Waals surface area contributed by atoms with Gasteiger partial charge >= 0.3 is 0 Å². The molecule has 1 aromatic rings. The van der Waals surface area contributed by atoms with Crippen LogP contribution in [0.15, 0.2) is 24.3 Å². The first-order chi connectivity index (χ1) is 11.7. The van der Waals surface area contributed by atoms with Gasteiger partial charge in [0.1, 0.15) is 5.82 Å². The summed E-state index contributed by atoms with van der Waals surface area (Å²) < 4.78 is 13.0. The summed E-state index contributed by atoms with van der Waals surface area (Å²) in [5.74, 6) is 0.171. The van der Waals surface area contributed by atoms with E-state index in [1.54, 1.807) is 12.1 Å². The number of carbonyl (C=O) groups excluding carboxylic acids is 1. The van der Waals surface area contributed by atoms with Crippen LogP contribution in [-0.4, -0.2) is 36.5 Å². The number of hydrogen-bond donors (Lipinski definition) is 1. The molecule has 2 fully saturated rings. The van der Waals surface area contributed by atoms with Crippen LogP contribution in [0.4, 0.5) is 4.39 Å². The highest BCUT2D eigenvalue weighted by molar-refractivity contribution is 5.94. The first-order valence-corrected chi connectivity index (χ1v) is 9.51. The smallest absolute Gasteiger partial charge is 0.251 e. The number of amides is 1. The molecule has 2 atom stereocenters. The Hall–Kier alpha value is -1.42. The molecular weight excluding hydrogens is 303 g/mol. The zero-order chi connectivity index (χ0) is 16.8. The lowest BCUT2D eigenvalue weighted by Crippen LogP contribution is -2.45.